The van der Waals surface area contributed by atoms with Gasteiger partial charge in [0.15, 0.2) is 0 Å². The van der Waals surface area contributed by atoms with Crippen molar-refractivity contribution in [2.45, 2.75) is 36.3 Å². The maximum atomic E-state index is 12.3. The zero-order valence-electron chi connectivity index (χ0n) is 11.7. The van der Waals surface area contributed by atoms with Crippen LogP contribution in [0.5, 0.6) is 0 Å². The van der Waals surface area contributed by atoms with Crippen LogP contribution in [0.3, 0.4) is 0 Å². The first-order valence-electron chi connectivity index (χ1n) is 6.58. The molecule has 7 nitrogen and oxygen atoms in total. The van der Waals surface area contributed by atoms with Gasteiger partial charge in [-0.2, -0.15) is 0 Å². The highest BCUT2D eigenvalue weighted by Gasteiger charge is 2.29. The third kappa shape index (κ3) is 3.52. The fourth-order valence-corrected chi connectivity index (χ4v) is 3.89. The third-order valence-electron chi connectivity index (χ3n) is 3.62. The SMILES string of the molecule is COC1CCC(NS(=O)(=O)c2ccc(C(N)=O)cc2N)C1. The summed E-state index contributed by atoms with van der Waals surface area (Å²) in [7, 11) is -2.12. The first-order chi connectivity index (χ1) is 9.83. The molecule has 1 aromatic carbocycles. The molecule has 0 aliphatic heterocycles. The monoisotopic (exact) mass is 313 g/mol. The number of anilines is 1. The number of hydrogen-bond acceptors (Lipinski definition) is 5. The van der Waals surface area contributed by atoms with Gasteiger partial charge in [-0.25, -0.2) is 13.1 Å². The van der Waals surface area contributed by atoms with E-state index in [1.807, 2.05) is 0 Å². The predicted octanol–water partition coefficient (Wildman–Crippen LogP) is 0.214. The standard InChI is InChI=1S/C13H19N3O4S/c1-20-10-4-3-9(7-10)16-21(18,19)12-5-2-8(13(15)17)6-11(12)14/h2,5-6,9-10,16H,3-4,7,14H2,1H3,(H2,15,17). The molecule has 0 heterocycles. The molecule has 1 fully saturated rings. The molecule has 0 bridgehead atoms. The molecule has 116 valence electrons. The van der Waals surface area contributed by atoms with Crippen molar-refractivity contribution < 1.29 is 17.9 Å². The lowest BCUT2D eigenvalue weighted by molar-refractivity contribution is 0.1000. The van der Waals surface area contributed by atoms with Crippen LogP contribution in [0, 0.1) is 0 Å². The zero-order chi connectivity index (χ0) is 15.6. The Morgan fingerprint density at radius 3 is 2.62 bits per heavy atom. The minimum absolute atomic E-state index is 0.0000819. The first kappa shape index (κ1) is 15.7. The smallest absolute Gasteiger partial charge is 0.248 e. The molecule has 8 heteroatoms. The summed E-state index contributed by atoms with van der Waals surface area (Å²) in [6, 6.07) is 3.74. The Kier molecular flexibility index (Phi) is 4.50. The molecular weight excluding hydrogens is 294 g/mol. The number of nitrogens with two attached hydrogens (primary N) is 2. The van der Waals surface area contributed by atoms with E-state index >= 15 is 0 Å². The fourth-order valence-electron chi connectivity index (χ4n) is 2.49. The van der Waals surface area contributed by atoms with E-state index in [4.69, 9.17) is 16.2 Å². The van der Waals surface area contributed by atoms with Gasteiger partial charge in [-0.05, 0) is 37.5 Å². The van der Waals surface area contributed by atoms with Crippen LogP contribution >= 0.6 is 0 Å². The molecule has 0 spiro atoms. The average molecular weight is 313 g/mol. The van der Waals surface area contributed by atoms with Crippen LogP contribution in [-0.2, 0) is 14.8 Å². The van der Waals surface area contributed by atoms with Crippen LogP contribution in [0.1, 0.15) is 29.6 Å². The molecule has 2 atom stereocenters. The lowest BCUT2D eigenvalue weighted by atomic mass is 10.2. The van der Waals surface area contributed by atoms with Gasteiger partial charge in [-0.1, -0.05) is 0 Å². The van der Waals surface area contributed by atoms with Gasteiger partial charge in [0.05, 0.1) is 11.8 Å². The van der Waals surface area contributed by atoms with Crippen LogP contribution < -0.4 is 16.2 Å². The second-order valence-electron chi connectivity index (χ2n) is 5.11. The fraction of sp³-hybridized carbons (Fsp3) is 0.462. The van der Waals surface area contributed by atoms with E-state index in [9.17, 15) is 13.2 Å². The van der Waals surface area contributed by atoms with E-state index in [1.54, 1.807) is 7.11 Å². The Bertz CT molecular complexity index is 645. The highest BCUT2D eigenvalue weighted by Crippen LogP contribution is 2.25. The van der Waals surface area contributed by atoms with Crippen molar-refractivity contribution in [2.75, 3.05) is 12.8 Å². The zero-order valence-corrected chi connectivity index (χ0v) is 12.5. The van der Waals surface area contributed by atoms with E-state index in [1.165, 1.54) is 18.2 Å². The maximum Gasteiger partial charge on any atom is 0.248 e. The molecule has 1 saturated carbocycles. The van der Waals surface area contributed by atoms with Gasteiger partial charge in [0.25, 0.3) is 0 Å². The van der Waals surface area contributed by atoms with Crippen molar-refractivity contribution in [1.82, 2.24) is 4.72 Å². The van der Waals surface area contributed by atoms with Gasteiger partial charge >= 0.3 is 0 Å². The van der Waals surface area contributed by atoms with Crippen LogP contribution in [0.25, 0.3) is 0 Å². The number of carbonyl (C=O) groups excluding carboxylic acids is 1. The number of nitrogen functional groups attached to an aromatic ring is 1. The van der Waals surface area contributed by atoms with Gasteiger partial charge in [0.2, 0.25) is 15.9 Å². The van der Waals surface area contributed by atoms with E-state index in [0.29, 0.717) is 6.42 Å². The van der Waals surface area contributed by atoms with Crippen LogP contribution in [0.4, 0.5) is 5.69 Å². The third-order valence-corrected chi connectivity index (χ3v) is 5.22. The predicted molar refractivity (Wildman–Crippen MR) is 78.1 cm³/mol. The Morgan fingerprint density at radius 1 is 1.38 bits per heavy atom. The van der Waals surface area contributed by atoms with Crippen LogP contribution in [0.2, 0.25) is 0 Å². The number of hydrogen-bond donors (Lipinski definition) is 3. The Balaban J connectivity index is 2.18. The maximum absolute atomic E-state index is 12.3. The average Bonchev–Trinajstić information content (AvgIpc) is 2.85. The minimum Gasteiger partial charge on any atom is -0.398 e. The highest BCUT2D eigenvalue weighted by molar-refractivity contribution is 7.89. The number of nitrogens with one attached hydrogen (secondary N) is 1. The lowest BCUT2D eigenvalue weighted by Crippen LogP contribution is -2.34. The van der Waals surface area contributed by atoms with E-state index in [0.717, 1.165) is 12.8 Å². The summed E-state index contributed by atoms with van der Waals surface area (Å²) < 4.78 is 32.5. The minimum atomic E-state index is -3.73. The van der Waals surface area contributed by atoms with E-state index in [-0.39, 0.29) is 28.3 Å². The quantitative estimate of drug-likeness (QED) is 0.670. The van der Waals surface area contributed by atoms with Crippen molar-refractivity contribution in [1.29, 1.82) is 0 Å². The topological polar surface area (TPSA) is 125 Å². The number of amides is 1. The van der Waals surface area contributed by atoms with Gasteiger partial charge in [-0.15, -0.1) is 0 Å². The number of ether oxygens (including phenoxy) is 1. The largest absolute Gasteiger partial charge is 0.398 e. The number of benzene rings is 1. The second-order valence-corrected chi connectivity index (χ2v) is 6.79. The van der Waals surface area contributed by atoms with Gasteiger partial charge in [0.1, 0.15) is 4.90 Å². The lowest BCUT2D eigenvalue weighted by Gasteiger charge is -2.15. The Hall–Kier alpha value is -1.64. The van der Waals surface area contributed by atoms with Crippen molar-refractivity contribution in [3.63, 3.8) is 0 Å². The Labute approximate surface area is 123 Å². The van der Waals surface area contributed by atoms with Crippen molar-refractivity contribution in [3.05, 3.63) is 23.8 Å². The number of methoxy groups -OCH3 is 1. The molecule has 21 heavy (non-hydrogen) atoms. The molecule has 1 aromatic rings. The summed E-state index contributed by atoms with van der Waals surface area (Å²) in [5, 5.41) is 0. The molecule has 2 unspecified atom stereocenters. The second kappa shape index (κ2) is 6.00. The number of rotatable bonds is 5. The molecule has 2 rings (SSSR count). The summed E-state index contributed by atoms with van der Waals surface area (Å²) >= 11 is 0. The van der Waals surface area contributed by atoms with Crippen molar-refractivity contribution in [2.24, 2.45) is 5.73 Å². The molecular formula is C13H19N3O4S. The number of carbonyl (C=O) groups is 1. The van der Waals surface area contributed by atoms with E-state index in [2.05, 4.69) is 4.72 Å². The van der Waals surface area contributed by atoms with Crippen molar-refractivity contribution in [3.8, 4) is 0 Å². The van der Waals surface area contributed by atoms with E-state index < -0.39 is 15.9 Å². The molecule has 1 aliphatic carbocycles. The summed E-state index contributed by atoms with van der Waals surface area (Å²) in [5.41, 5.74) is 11.0. The summed E-state index contributed by atoms with van der Waals surface area (Å²) in [5.74, 6) is -0.655. The molecule has 5 N–H and O–H groups in total. The number of primary amides is 1. The molecule has 1 amide bonds. The molecule has 0 radical (unpaired) electrons. The Morgan fingerprint density at radius 2 is 2.10 bits per heavy atom. The van der Waals surface area contributed by atoms with Crippen molar-refractivity contribution >= 4 is 21.6 Å². The molecule has 0 aromatic heterocycles. The molecule has 0 saturated heterocycles. The van der Waals surface area contributed by atoms with Gasteiger partial charge in [0, 0.05) is 18.7 Å². The number of sulfonamides is 1. The summed E-state index contributed by atoms with van der Waals surface area (Å²) in [6.07, 6.45) is 2.25. The first-order valence-corrected chi connectivity index (χ1v) is 8.06. The van der Waals surface area contributed by atoms with Crippen LogP contribution in [0.15, 0.2) is 23.1 Å². The van der Waals surface area contributed by atoms with Crippen LogP contribution in [-0.4, -0.2) is 33.6 Å². The summed E-state index contributed by atoms with van der Waals surface area (Å²) in [6.45, 7) is 0. The normalized spacial score (nSPS) is 22.3. The highest BCUT2D eigenvalue weighted by atomic mass is 32.2. The van der Waals surface area contributed by atoms with Gasteiger partial charge in [-0.3, -0.25) is 4.79 Å². The van der Waals surface area contributed by atoms with Gasteiger partial charge < -0.3 is 16.2 Å². The summed E-state index contributed by atoms with van der Waals surface area (Å²) in [4.78, 5) is 11.0. The molecule has 1 aliphatic rings.